The van der Waals surface area contributed by atoms with Gasteiger partial charge in [-0.15, -0.1) is 0 Å². The highest BCUT2D eigenvalue weighted by atomic mass is 16.3. The third-order valence-corrected chi connectivity index (χ3v) is 7.01. The van der Waals surface area contributed by atoms with Crippen LogP contribution >= 0.6 is 0 Å². The third-order valence-electron chi connectivity index (χ3n) is 7.01. The summed E-state index contributed by atoms with van der Waals surface area (Å²) in [5.74, 6) is 0. The lowest BCUT2D eigenvalue weighted by molar-refractivity contribution is 0.669. The maximum Gasteiger partial charge on any atom is 0.135 e. The van der Waals surface area contributed by atoms with E-state index in [4.69, 9.17) is 30.5 Å². The summed E-state index contributed by atoms with van der Waals surface area (Å²) < 4.78 is 256. The van der Waals surface area contributed by atoms with E-state index in [9.17, 15) is 12.3 Å². The van der Waals surface area contributed by atoms with Crippen LogP contribution in [0.4, 0.5) is 0 Å². The monoisotopic (exact) mass is 600 g/mol. The van der Waals surface area contributed by atoms with Gasteiger partial charge in [0.15, 0.2) is 0 Å². The van der Waals surface area contributed by atoms with Gasteiger partial charge < -0.3 is 4.42 Å². The molecule has 0 radical (unpaired) electrons. The number of hydrogen-bond acceptors (Lipinski definition) is 1. The van der Waals surface area contributed by atoms with Crippen molar-refractivity contribution >= 4 is 43.5 Å². The summed E-state index contributed by atoms with van der Waals surface area (Å²) in [6, 6.07) is -27.3. The van der Waals surface area contributed by atoms with Gasteiger partial charge in [0.25, 0.3) is 0 Å². The molecule has 0 amide bonds. The molecular formula is C44H28O. The fourth-order valence-electron chi connectivity index (χ4n) is 5.12. The van der Waals surface area contributed by atoms with E-state index < -0.39 is 257 Å². The van der Waals surface area contributed by atoms with E-state index >= 15 is 0 Å². The summed E-state index contributed by atoms with van der Waals surface area (Å²) >= 11 is 0. The molecule has 1 heterocycles. The first kappa shape index (κ1) is 10.1. The molecule has 0 atom stereocenters. The second-order valence-corrected chi connectivity index (χ2v) is 9.51. The van der Waals surface area contributed by atoms with Crippen LogP contribution in [-0.2, 0) is 0 Å². The average molecular weight is 601 g/mol. The molecule has 1 nitrogen and oxygen atoms in total. The van der Waals surface area contributed by atoms with Gasteiger partial charge in [-0.05, 0) is 96.3 Å². The van der Waals surface area contributed by atoms with E-state index in [1.807, 2.05) is 0 Å². The first-order chi connectivity index (χ1) is 34.0. The average Bonchev–Trinajstić information content (AvgIpc) is 3.77. The molecule has 0 N–H and O–H groups in total. The van der Waals surface area contributed by atoms with Gasteiger partial charge in [0.1, 0.15) is 11.2 Å². The number of para-hydroxylation sites is 1. The molecule has 0 bridgehead atoms. The van der Waals surface area contributed by atoms with Gasteiger partial charge in [0, 0.05) is 10.8 Å². The van der Waals surface area contributed by atoms with Crippen LogP contribution < -0.4 is 0 Å². The minimum Gasteiger partial charge on any atom is -0.456 e. The van der Waals surface area contributed by atoms with Crippen LogP contribution in [0.3, 0.4) is 0 Å². The summed E-state index contributed by atoms with van der Waals surface area (Å²) in [5, 5.41) is -4.23. The molecule has 8 aromatic carbocycles. The Kier molecular flexibility index (Phi) is 2.32. The molecule has 45 heavy (non-hydrogen) atoms. The second-order valence-electron chi connectivity index (χ2n) is 9.51. The lowest BCUT2D eigenvalue weighted by atomic mass is 9.84. The zero-order valence-electron chi connectivity index (χ0n) is 50.4. The van der Waals surface area contributed by atoms with Gasteiger partial charge in [-0.25, -0.2) is 0 Å². The zero-order valence-corrected chi connectivity index (χ0v) is 22.4. The van der Waals surface area contributed by atoms with Gasteiger partial charge in [-0.2, -0.15) is 0 Å². The predicted octanol–water partition coefficient (Wildman–Crippen LogP) is 12.6. The highest BCUT2D eigenvalue weighted by Crippen LogP contribution is 2.46. The van der Waals surface area contributed by atoms with E-state index in [1.54, 1.807) is 0 Å². The molecule has 0 spiro atoms. The lowest BCUT2D eigenvalue weighted by Crippen LogP contribution is -1.92. The van der Waals surface area contributed by atoms with Gasteiger partial charge in [0.05, 0.1) is 38.4 Å². The lowest BCUT2D eigenvalue weighted by Gasteiger charge is -2.19. The van der Waals surface area contributed by atoms with Crippen molar-refractivity contribution in [3.8, 4) is 44.5 Å². The molecule has 9 aromatic rings. The van der Waals surface area contributed by atoms with Crippen molar-refractivity contribution in [1.29, 1.82) is 0 Å². The largest absolute Gasteiger partial charge is 0.456 e. The summed E-state index contributed by atoms with van der Waals surface area (Å²) in [7, 11) is 0. The van der Waals surface area contributed by atoms with Crippen LogP contribution in [0.15, 0.2) is 174 Å². The molecule has 0 unspecified atom stereocenters. The minimum atomic E-state index is -1.14. The quantitative estimate of drug-likeness (QED) is 0.183. The van der Waals surface area contributed by atoms with Crippen molar-refractivity contribution in [2.75, 3.05) is 0 Å². The first-order valence-corrected chi connectivity index (χ1v) is 13.2. The highest BCUT2D eigenvalue weighted by molar-refractivity contribution is 6.22. The summed E-state index contributed by atoms with van der Waals surface area (Å²) in [6.45, 7) is 0. The standard InChI is InChI=1S/C44H28O/c1-3-12-29(13-4-1)31-16-11-17-32(26-31)33-22-24-38-40(27-33)44(34-23-25-42-39(28-34)35-18-9-10-21-41(35)45-42)37-20-8-7-19-36(37)43(38)30-14-5-2-6-15-30/h1-28H/i1D,2D,3D,4D,5D,6D,7D,8D,9D,10D,11D,12D,13D,14D,15D,16D,17D,18D,19D,20D,21D,22D,23D,24D,25D,26D,27D,28D. The number of rotatable bonds is 4. The Labute approximate surface area is 301 Å². The van der Waals surface area contributed by atoms with Crippen molar-refractivity contribution in [2.45, 2.75) is 0 Å². The van der Waals surface area contributed by atoms with Crippen molar-refractivity contribution in [2.24, 2.45) is 0 Å². The van der Waals surface area contributed by atoms with Gasteiger partial charge >= 0.3 is 0 Å². The molecule has 0 fully saturated rings. The van der Waals surface area contributed by atoms with Crippen LogP contribution in [0.25, 0.3) is 88.0 Å². The smallest absolute Gasteiger partial charge is 0.135 e. The molecule has 0 aliphatic carbocycles. The summed E-state index contributed by atoms with van der Waals surface area (Å²) in [6.07, 6.45) is 0. The van der Waals surface area contributed by atoms with Crippen LogP contribution in [0.5, 0.6) is 0 Å². The summed E-state index contributed by atoms with van der Waals surface area (Å²) in [5.41, 5.74) is -7.99. The Balaban J connectivity index is 1.66. The van der Waals surface area contributed by atoms with E-state index in [1.165, 1.54) is 0 Å². The predicted molar refractivity (Wildman–Crippen MR) is 190 cm³/mol. The number of benzene rings is 8. The molecule has 0 aliphatic rings. The second kappa shape index (κ2) is 10.4. The fourth-order valence-corrected chi connectivity index (χ4v) is 5.12. The molecular weight excluding hydrogens is 544 g/mol. The van der Waals surface area contributed by atoms with Crippen LogP contribution in [0.2, 0.25) is 0 Å². The molecule has 1 aromatic heterocycles. The number of fused-ring (bicyclic) bond motifs is 5. The Hall–Kier alpha value is -5.92. The maximum atomic E-state index is 10.1. The highest BCUT2D eigenvalue weighted by Gasteiger charge is 2.18. The molecule has 0 aliphatic heterocycles. The maximum absolute atomic E-state index is 10.1. The van der Waals surface area contributed by atoms with E-state index in [2.05, 4.69) is 0 Å². The van der Waals surface area contributed by atoms with E-state index in [0.29, 0.717) is 0 Å². The molecule has 0 saturated heterocycles. The van der Waals surface area contributed by atoms with E-state index in [-0.39, 0.29) is 0 Å². The van der Waals surface area contributed by atoms with Gasteiger partial charge in [-0.3, -0.25) is 0 Å². The first-order valence-electron chi connectivity index (χ1n) is 27.2. The molecule has 1 heteroatoms. The number of furan rings is 1. The van der Waals surface area contributed by atoms with Crippen LogP contribution in [0, 0.1) is 0 Å². The third kappa shape index (κ3) is 4.24. The topological polar surface area (TPSA) is 13.1 Å². The van der Waals surface area contributed by atoms with Crippen LogP contribution in [0.1, 0.15) is 38.4 Å². The molecule has 0 saturated carbocycles. The molecule has 9 rings (SSSR count). The van der Waals surface area contributed by atoms with Crippen molar-refractivity contribution in [1.82, 2.24) is 0 Å². The van der Waals surface area contributed by atoms with Crippen molar-refractivity contribution in [3.63, 3.8) is 0 Å². The van der Waals surface area contributed by atoms with Crippen molar-refractivity contribution < 1.29 is 42.8 Å². The van der Waals surface area contributed by atoms with Crippen molar-refractivity contribution in [3.05, 3.63) is 169 Å². The number of hydrogen-bond donors (Lipinski definition) is 0. The molecule has 210 valence electrons. The Morgan fingerprint density at radius 1 is 0.289 bits per heavy atom. The minimum absolute atomic E-state index is 0.482. The van der Waals surface area contributed by atoms with Gasteiger partial charge in [0.2, 0.25) is 0 Å². The Morgan fingerprint density at radius 2 is 0.778 bits per heavy atom. The SMILES string of the molecule is [2H]c1c([2H])c([2H])c(-c2c([2H])c([2H])c([2H])c(-c3c([2H])c([2H])c4c(-c5c([2H])c([2H])c([2H])c([2H])c5[2H])c5c([2H])c([2H])c([2H])c([2H])c5c(-c5c([2H])c([2H])c6oc7c([2H])c([2H])c([2H])c([2H])c7c6c5[2H])c4c3[2H])c2[2H])c([2H])c1[2H]. The van der Waals surface area contributed by atoms with E-state index in [0.717, 1.165) is 0 Å². The fraction of sp³-hybridized carbons (Fsp3) is 0. The Morgan fingerprint density at radius 3 is 1.53 bits per heavy atom. The van der Waals surface area contributed by atoms with Crippen LogP contribution in [-0.4, -0.2) is 0 Å². The van der Waals surface area contributed by atoms with Gasteiger partial charge in [-0.1, -0.05) is 139 Å². The Bertz CT molecular complexity index is 4060. The normalized spacial score (nSPS) is 20.3. The zero-order chi connectivity index (χ0) is 54.1. The summed E-state index contributed by atoms with van der Waals surface area (Å²) in [4.78, 5) is 0.